The zero-order valence-electron chi connectivity index (χ0n) is 21.1. The molecule has 0 atom stereocenters. The highest BCUT2D eigenvalue weighted by atomic mass is 16.2. The van der Waals surface area contributed by atoms with Crippen molar-refractivity contribution in [3.05, 3.63) is 90.3 Å². The number of unbranched alkanes of at least 4 members (excludes halogenated alkanes) is 1. The third kappa shape index (κ3) is 6.39. The van der Waals surface area contributed by atoms with Gasteiger partial charge in [-0.25, -0.2) is 4.98 Å². The molecule has 0 bridgehead atoms. The molecular formula is C30H34N4O2. The maximum absolute atomic E-state index is 12.8. The first-order valence-electron chi connectivity index (χ1n) is 12.6. The fourth-order valence-electron chi connectivity index (χ4n) is 4.28. The standard InChI is InChI=1S/C30H34N4O2/c1-3-4-20-33(2)30(36)22-34-27-13-9-8-12-26(27)32-28(34)18-19-31-29(35)21-23-14-16-25(17-15-23)24-10-6-5-7-11-24/h5-17H,3-4,18-22H2,1-2H3,(H,31,35). The lowest BCUT2D eigenvalue weighted by molar-refractivity contribution is -0.130. The highest BCUT2D eigenvalue weighted by molar-refractivity contribution is 5.81. The second-order valence-corrected chi connectivity index (χ2v) is 9.11. The molecule has 36 heavy (non-hydrogen) atoms. The summed E-state index contributed by atoms with van der Waals surface area (Å²) in [6.45, 7) is 3.58. The van der Waals surface area contributed by atoms with E-state index < -0.39 is 0 Å². The molecule has 4 aromatic rings. The fourth-order valence-corrected chi connectivity index (χ4v) is 4.28. The molecule has 1 N–H and O–H groups in total. The third-order valence-electron chi connectivity index (χ3n) is 6.40. The van der Waals surface area contributed by atoms with Crippen LogP contribution in [0.15, 0.2) is 78.9 Å². The Morgan fingerprint density at radius 1 is 0.917 bits per heavy atom. The minimum Gasteiger partial charge on any atom is -0.355 e. The molecule has 186 valence electrons. The smallest absolute Gasteiger partial charge is 0.242 e. The summed E-state index contributed by atoms with van der Waals surface area (Å²) in [5, 5.41) is 3.01. The molecule has 4 rings (SSSR count). The Balaban J connectivity index is 1.35. The second-order valence-electron chi connectivity index (χ2n) is 9.11. The van der Waals surface area contributed by atoms with E-state index in [2.05, 4.69) is 36.5 Å². The van der Waals surface area contributed by atoms with Gasteiger partial charge in [-0.2, -0.15) is 0 Å². The van der Waals surface area contributed by atoms with Crippen LogP contribution in [0, 0.1) is 0 Å². The van der Waals surface area contributed by atoms with E-state index in [-0.39, 0.29) is 18.4 Å². The topological polar surface area (TPSA) is 67.2 Å². The predicted octanol–water partition coefficient (Wildman–Crippen LogP) is 4.86. The van der Waals surface area contributed by atoms with Crippen molar-refractivity contribution < 1.29 is 9.59 Å². The molecule has 0 fully saturated rings. The van der Waals surface area contributed by atoms with E-state index in [4.69, 9.17) is 4.98 Å². The number of para-hydroxylation sites is 2. The van der Waals surface area contributed by atoms with E-state index in [0.29, 0.717) is 19.4 Å². The van der Waals surface area contributed by atoms with Gasteiger partial charge >= 0.3 is 0 Å². The maximum Gasteiger partial charge on any atom is 0.242 e. The van der Waals surface area contributed by atoms with Crippen molar-refractivity contribution in [1.29, 1.82) is 0 Å². The number of fused-ring (bicyclic) bond motifs is 1. The zero-order valence-corrected chi connectivity index (χ0v) is 21.1. The number of hydrogen-bond donors (Lipinski definition) is 1. The van der Waals surface area contributed by atoms with Gasteiger partial charge in [-0.15, -0.1) is 0 Å². The Morgan fingerprint density at radius 3 is 2.36 bits per heavy atom. The lowest BCUT2D eigenvalue weighted by Gasteiger charge is -2.18. The van der Waals surface area contributed by atoms with Crippen molar-refractivity contribution in [2.75, 3.05) is 20.1 Å². The number of amides is 2. The predicted molar refractivity (Wildman–Crippen MR) is 145 cm³/mol. The van der Waals surface area contributed by atoms with E-state index >= 15 is 0 Å². The van der Waals surface area contributed by atoms with Crippen LogP contribution >= 0.6 is 0 Å². The Bertz CT molecular complexity index is 1300. The van der Waals surface area contributed by atoms with Crippen LogP contribution < -0.4 is 5.32 Å². The van der Waals surface area contributed by atoms with Crippen LogP contribution in [0.2, 0.25) is 0 Å². The lowest BCUT2D eigenvalue weighted by atomic mass is 10.0. The molecule has 0 saturated heterocycles. The first-order chi connectivity index (χ1) is 17.5. The monoisotopic (exact) mass is 482 g/mol. The molecule has 6 nitrogen and oxygen atoms in total. The number of aromatic nitrogens is 2. The highest BCUT2D eigenvalue weighted by Crippen LogP contribution is 2.20. The molecular weight excluding hydrogens is 448 g/mol. The minimum atomic E-state index is -0.0273. The second kappa shape index (κ2) is 12.2. The molecule has 3 aromatic carbocycles. The normalized spacial score (nSPS) is 10.9. The van der Waals surface area contributed by atoms with Gasteiger partial charge in [-0.3, -0.25) is 9.59 Å². The summed E-state index contributed by atoms with van der Waals surface area (Å²) in [7, 11) is 1.85. The Morgan fingerprint density at radius 2 is 1.61 bits per heavy atom. The van der Waals surface area contributed by atoms with Gasteiger partial charge in [0.1, 0.15) is 12.4 Å². The minimum absolute atomic E-state index is 0.0273. The SMILES string of the molecule is CCCCN(C)C(=O)Cn1c(CCNC(=O)Cc2ccc(-c3ccccc3)cc2)nc2ccccc21. The molecule has 0 saturated carbocycles. The summed E-state index contributed by atoms with van der Waals surface area (Å²) in [5.74, 6) is 0.845. The van der Waals surface area contributed by atoms with Crippen LogP contribution in [0.1, 0.15) is 31.2 Å². The summed E-state index contributed by atoms with van der Waals surface area (Å²) in [6, 6.07) is 26.1. The summed E-state index contributed by atoms with van der Waals surface area (Å²) in [6.07, 6.45) is 2.92. The van der Waals surface area contributed by atoms with E-state index in [1.165, 1.54) is 0 Å². The molecule has 0 radical (unpaired) electrons. The van der Waals surface area contributed by atoms with Crippen LogP contribution in [0.4, 0.5) is 0 Å². The van der Waals surface area contributed by atoms with Crippen LogP contribution in [0.3, 0.4) is 0 Å². The first kappa shape index (κ1) is 25.2. The average Bonchev–Trinajstić information content (AvgIpc) is 3.25. The molecule has 0 unspecified atom stereocenters. The Kier molecular flexibility index (Phi) is 8.50. The van der Waals surface area contributed by atoms with Gasteiger partial charge in [0.2, 0.25) is 11.8 Å². The largest absolute Gasteiger partial charge is 0.355 e. The van der Waals surface area contributed by atoms with Crippen LogP contribution in [0.25, 0.3) is 22.2 Å². The molecule has 0 aliphatic heterocycles. The summed E-state index contributed by atoms with van der Waals surface area (Å²) >= 11 is 0. The van der Waals surface area contributed by atoms with Crippen LogP contribution in [0.5, 0.6) is 0 Å². The van der Waals surface area contributed by atoms with Gasteiger partial charge in [0.05, 0.1) is 17.5 Å². The molecule has 1 heterocycles. The van der Waals surface area contributed by atoms with E-state index in [1.807, 2.05) is 66.2 Å². The molecule has 6 heteroatoms. The van der Waals surface area contributed by atoms with Crippen molar-refractivity contribution in [1.82, 2.24) is 19.8 Å². The fraction of sp³-hybridized carbons (Fsp3) is 0.300. The summed E-state index contributed by atoms with van der Waals surface area (Å²) < 4.78 is 1.98. The number of likely N-dealkylation sites (N-methyl/N-ethyl adjacent to an activating group) is 1. The van der Waals surface area contributed by atoms with E-state index in [0.717, 1.165) is 52.9 Å². The number of nitrogens with one attached hydrogen (secondary N) is 1. The van der Waals surface area contributed by atoms with Gasteiger partial charge in [0, 0.05) is 26.6 Å². The van der Waals surface area contributed by atoms with E-state index in [9.17, 15) is 9.59 Å². The molecule has 1 aromatic heterocycles. The molecule has 0 spiro atoms. The summed E-state index contributed by atoms with van der Waals surface area (Å²) in [5.41, 5.74) is 5.07. The van der Waals surface area contributed by atoms with Crippen molar-refractivity contribution in [3.63, 3.8) is 0 Å². The number of hydrogen-bond acceptors (Lipinski definition) is 3. The summed E-state index contributed by atoms with van der Waals surface area (Å²) in [4.78, 5) is 31.9. The van der Waals surface area contributed by atoms with Crippen LogP contribution in [-0.2, 0) is 29.0 Å². The number of carbonyl (C=O) groups excluding carboxylic acids is 2. The Labute approximate surface area is 213 Å². The van der Waals surface area contributed by atoms with E-state index in [1.54, 1.807) is 4.90 Å². The van der Waals surface area contributed by atoms with Gasteiger partial charge < -0.3 is 14.8 Å². The zero-order chi connectivity index (χ0) is 25.3. The van der Waals surface area contributed by atoms with Gasteiger partial charge in [0.15, 0.2) is 0 Å². The van der Waals surface area contributed by atoms with Crippen molar-refractivity contribution in [3.8, 4) is 11.1 Å². The highest BCUT2D eigenvalue weighted by Gasteiger charge is 2.16. The first-order valence-corrected chi connectivity index (χ1v) is 12.6. The lowest BCUT2D eigenvalue weighted by Crippen LogP contribution is -2.32. The number of imidazole rings is 1. The number of benzene rings is 3. The molecule has 0 aliphatic carbocycles. The van der Waals surface area contributed by atoms with Crippen molar-refractivity contribution in [2.24, 2.45) is 0 Å². The van der Waals surface area contributed by atoms with Gasteiger partial charge in [0.25, 0.3) is 0 Å². The maximum atomic E-state index is 12.8. The molecule has 2 amide bonds. The quantitative estimate of drug-likeness (QED) is 0.332. The number of nitrogens with zero attached hydrogens (tertiary/aromatic N) is 3. The van der Waals surface area contributed by atoms with Crippen LogP contribution in [-0.4, -0.2) is 46.4 Å². The Hall–Kier alpha value is -3.93. The average molecular weight is 483 g/mol. The number of carbonyl (C=O) groups is 2. The van der Waals surface area contributed by atoms with Crippen molar-refractivity contribution in [2.45, 2.75) is 39.2 Å². The van der Waals surface area contributed by atoms with Crippen molar-refractivity contribution >= 4 is 22.8 Å². The van der Waals surface area contributed by atoms with Gasteiger partial charge in [-0.05, 0) is 35.2 Å². The van der Waals surface area contributed by atoms with Gasteiger partial charge in [-0.1, -0.05) is 80.1 Å². The third-order valence-corrected chi connectivity index (χ3v) is 6.40. The molecule has 0 aliphatic rings. The number of rotatable bonds is 11.